The van der Waals surface area contributed by atoms with Gasteiger partial charge in [0.2, 0.25) is 0 Å². The highest BCUT2D eigenvalue weighted by atomic mass is 32.2. The van der Waals surface area contributed by atoms with Gasteiger partial charge >= 0.3 is 0 Å². The van der Waals surface area contributed by atoms with Crippen LogP contribution < -0.4 is 0 Å². The number of hydrogen-bond acceptors (Lipinski definition) is 2. The van der Waals surface area contributed by atoms with Crippen molar-refractivity contribution in [3.63, 3.8) is 0 Å². The fraction of sp³-hybridized carbons (Fsp3) is 1.00. The van der Waals surface area contributed by atoms with Crippen LogP contribution in [0.3, 0.4) is 0 Å². The van der Waals surface area contributed by atoms with E-state index in [0.29, 0.717) is 0 Å². The van der Waals surface area contributed by atoms with Gasteiger partial charge in [-0.2, -0.15) is 11.8 Å². The molecule has 0 spiro atoms. The molecular formula is C6H14OSSi. The summed E-state index contributed by atoms with van der Waals surface area (Å²) in [5.41, 5.74) is 0. The molecule has 3 heteroatoms. The second kappa shape index (κ2) is 2.64. The second-order valence-electron chi connectivity index (χ2n) is 3.38. The van der Waals surface area contributed by atoms with E-state index in [9.17, 15) is 0 Å². The first-order chi connectivity index (χ1) is 4.08. The first-order valence-electron chi connectivity index (χ1n) is 3.33. The Morgan fingerprint density at radius 1 is 1.56 bits per heavy atom. The Hall–Kier alpha value is 0.527. The fourth-order valence-electron chi connectivity index (χ4n) is 0.507. The Morgan fingerprint density at radius 2 is 2.11 bits per heavy atom. The zero-order valence-corrected chi connectivity index (χ0v) is 8.12. The van der Waals surface area contributed by atoms with Crippen LogP contribution >= 0.6 is 11.8 Å². The van der Waals surface area contributed by atoms with Crippen molar-refractivity contribution in [2.45, 2.75) is 24.9 Å². The molecule has 1 aliphatic rings. The Morgan fingerprint density at radius 3 is 2.44 bits per heavy atom. The van der Waals surface area contributed by atoms with Gasteiger partial charge in [-0.15, -0.1) is 0 Å². The highest BCUT2D eigenvalue weighted by Crippen LogP contribution is 2.30. The fourth-order valence-corrected chi connectivity index (χ4v) is 1.73. The molecule has 54 valence electrons. The Labute approximate surface area is 62.3 Å². The van der Waals surface area contributed by atoms with Gasteiger partial charge in [-0.25, -0.2) is 0 Å². The molecular weight excluding hydrogens is 148 g/mol. The average Bonchev–Trinajstić information content (AvgIpc) is 2.38. The monoisotopic (exact) mass is 162 g/mol. The van der Waals surface area contributed by atoms with Crippen molar-refractivity contribution >= 4 is 20.1 Å². The van der Waals surface area contributed by atoms with Crippen LogP contribution in [0.5, 0.6) is 0 Å². The molecule has 1 rings (SSSR count). The van der Waals surface area contributed by atoms with Gasteiger partial charge in [-0.3, -0.25) is 0 Å². The molecule has 0 aromatic heterocycles. The van der Waals surface area contributed by atoms with Crippen molar-refractivity contribution in [1.82, 2.24) is 0 Å². The number of hydrogen-bond donors (Lipinski definition) is 0. The first kappa shape index (κ1) is 7.63. The second-order valence-corrected chi connectivity index (χ2v) is 9.23. The van der Waals surface area contributed by atoms with Gasteiger partial charge in [0, 0.05) is 17.6 Å². The van der Waals surface area contributed by atoms with Crippen LogP contribution in [0.25, 0.3) is 0 Å². The quantitative estimate of drug-likeness (QED) is 0.463. The Kier molecular flexibility index (Phi) is 2.24. The van der Waals surface area contributed by atoms with Crippen LogP contribution in [0, 0.1) is 0 Å². The first-order valence-corrected chi connectivity index (χ1v) is 7.79. The summed E-state index contributed by atoms with van der Waals surface area (Å²) in [5, 5.41) is 0.844. The van der Waals surface area contributed by atoms with Crippen LogP contribution in [-0.4, -0.2) is 25.9 Å². The lowest BCUT2D eigenvalue weighted by Crippen LogP contribution is -2.27. The van der Waals surface area contributed by atoms with Gasteiger partial charge in [0.25, 0.3) is 0 Å². The molecule has 0 aromatic carbocycles. The minimum Gasteiger partial charge on any atom is -0.416 e. The van der Waals surface area contributed by atoms with Gasteiger partial charge < -0.3 is 4.43 Å². The highest BCUT2D eigenvalue weighted by Gasteiger charge is 2.25. The summed E-state index contributed by atoms with van der Waals surface area (Å²) in [4.78, 5) is 0. The maximum Gasteiger partial charge on any atom is 0.183 e. The van der Waals surface area contributed by atoms with Crippen molar-refractivity contribution in [3.8, 4) is 0 Å². The van der Waals surface area contributed by atoms with E-state index in [1.165, 1.54) is 5.75 Å². The van der Waals surface area contributed by atoms with E-state index >= 15 is 0 Å². The third kappa shape index (κ3) is 4.00. The lowest BCUT2D eigenvalue weighted by molar-refractivity contribution is 0.324. The summed E-state index contributed by atoms with van der Waals surface area (Å²) < 4.78 is 5.67. The predicted octanol–water partition coefficient (Wildman–Crippen LogP) is 1.95. The van der Waals surface area contributed by atoms with Crippen molar-refractivity contribution in [2.24, 2.45) is 0 Å². The minimum absolute atomic E-state index is 0.844. The number of rotatable bonds is 3. The molecule has 1 unspecified atom stereocenters. The van der Waals surface area contributed by atoms with E-state index in [1.807, 2.05) is 11.8 Å². The maximum absolute atomic E-state index is 5.67. The molecule has 0 aliphatic carbocycles. The maximum atomic E-state index is 5.67. The molecule has 1 atom stereocenters. The van der Waals surface area contributed by atoms with Crippen molar-refractivity contribution < 1.29 is 4.43 Å². The summed E-state index contributed by atoms with van der Waals surface area (Å²) in [5.74, 6) is 1.32. The SMILES string of the molecule is C[Si](C)(C)OCC1CS1. The summed E-state index contributed by atoms with van der Waals surface area (Å²) in [6, 6.07) is 0. The zero-order chi connectivity index (χ0) is 6.91. The molecule has 1 fully saturated rings. The molecule has 1 heterocycles. The van der Waals surface area contributed by atoms with Gasteiger partial charge in [0.15, 0.2) is 8.32 Å². The molecule has 1 nitrogen and oxygen atoms in total. The van der Waals surface area contributed by atoms with Crippen molar-refractivity contribution in [2.75, 3.05) is 12.4 Å². The average molecular weight is 162 g/mol. The van der Waals surface area contributed by atoms with E-state index in [2.05, 4.69) is 19.6 Å². The molecule has 9 heavy (non-hydrogen) atoms. The van der Waals surface area contributed by atoms with Gasteiger partial charge in [0.05, 0.1) is 0 Å². The van der Waals surface area contributed by atoms with Gasteiger partial charge in [0.1, 0.15) is 0 Å². The molecule has 0 amide bonds. The zero-order valence-electron chi connectivity index (χ0n) is 6.31. The molecule has 1 aliphatic heterocycles. The molecule has 1 saturated heterocycles. The van der Waals surface area contributed by atoms with Crippen LogP contribution in [0.15, 0.2) is 0 Å². The Balaban J connectivity index is 2.03. The highest BCUT2D eigenvalue weighted by molar-refractivity contribution is 8.06. The van der Waals surface area contributed by atoms with Crippen LogP contribution in [0.4, 0.5) is 0 Å². The smallest absolute Gasteiger partial charge is 0.183 e. The van der Waals surface area contributed by atoms with Crippen molar-refractivity contribution in [3.05, 3.63) is 0 Å². The third-order valence-electron chi connectivity index (χ3n) is 1.10. The van der Waals surface area contributed by atoms with Crippen LogP contribution in [-0.2, 0) is 4.43 Å². The lowest BCUT2D eigenvalue weighted by atomic mass is 10.5. The van der Waals surface area contributed by atoms with Gasteiger partial charge in [-0.1, -0.05) is 0 Å². The molecule has 0 bridgehead atoms. The number of thioether (sulfide) groups is 1. The van der Waals surface area contributed by atoms with E-state index in [1.54, 1.807) is 0 Å². The van der Waals surface area contributed by atoms with E-state index in [4.69, 9.17) is 4.43 Å². The van der Waals surface area contributed by atoms with Crippen LogP contribution in [0.1, 0.15) is 0 Å². The Bertz CT molecular complexity index is 95.7. The largest absolute Gasteiger partial charge is 0.416 e. The van der Waals surface area contributed by atoms with Gasteiger partial charge in [-0.05, 0) is 19.6 Å². The topological polar surface area (TPSA) is 9.23 Å². The van der Waals surface area contributed by atoms with E-state index in [-0.39, 0.29) is 0 Å². The summed E-state index contributed by atoms with van der Waals surface area (Å²) in [7, 11) is -1.19. The molecule has 0 N–H and O–H groups in total. The summed E-state index contributed by atoms with van der Waals surface area (Å²) >= 11 is 2.01. The summed E-state index contributed by atoms with van der Waals surface area (Å²) in [6.45, 7) is 7.71. The molecule has 0 saturated carbocycles. The van der Waals surface area contributed by atoms with Crippen molar-refractivity contribution in [1.29, 1.82) is 0 Å². The normalized spacial score (nSPS) is 26.3. The lowest BCUT2D eigenvalue weighted by Gasteiger charge is -2.15. The standard InChI is InChI=1S/C6H14OSSi/c1-9(2,3)7-4-6-5-8-6/h6H,4-5H2,1-3H3. The van der Waals surface area contributed by atoms with E-state index in [0.717, 1.165) is 11.9 Å². The molecule has 0 radical (unpaired) electrons. The molecule has 0 aromatic rings. The van der Waals surface area contributed by atoms with E-state index < -0.39 is 8.32 Å². The predicted molar refractivity (Wildman–Crippen MR) is 45.5 cm³/mol. The summed E-state index contributed by atoms with van der Waals surface area (Å²) in [6.07, 6.45) is 0. The third-order valence-corrected chi connectivity index (χ3v) is 3.08. The minimum atomic E-state index is -1.19. The van der Waals surface area contributed by atoms with Crippen LogP contribution in [0.2, 0.25) is 19.6 Å².